The van der Waals surface area contributed by atoms with Gasteiger partial charge in [0.2, 0.25) is 5.76 Å². The molecule has 1 aromatic carbocycles. The topological polar surface area (TPSA) is 97.5 Å². The van der Waals surface area contributed by atoms with Crippen molar-refractivity contribution in [2.24, 2.45) is 0 Å². The molecule has 3 aromatic rings. The number of nitrogens with one attached hydrogen (secondary N) is 1. The van der Waals surface area contributed by atoms with Crippen LogP contribution in [0.3, 0.4) is 0 Å². The maximum absolute atomic E-state index is 12.5. The van der Waals surface area contributed by atoms with E-state index in [1.165, 1.54) is 0 Å². The van der Waals surface area contributed by atoms with Crippen molar-refractivity contribution in [1.29, 1.82) is 0 Å². The summed E-state index contributed by atoms with van der Waals surface area (Å²) in [6.07, 6.45) is 2.39. The summed E-state index contributed by atoms with van der Waals surface area (Å²) < 4.78 is 10.4. The van der Waals surface area contributed by atoms with Crippen LogP contribution in [-0.4, -0.2) is 28.3 Å². The van der Waals surface area contributed by atoms with E-state index in [1.807, 2.05) is 0 Å². The minimum atomic E-state index is -0.917. The number of aliphatic hydroxyl groups excluding tert-OH is 1. The number of methoxy groups -OCH3 is 1. The third kappa shape index (κ3) is 3.73. The summed E-state index contributed by atoms with van der Waals surface area (Å²) in [6, 6.07) is 10.7. The zero-order valence-electron chi connectivity index (χ0n) is 14.5. The van der Waals surface area contributed by atoms with Gasteiger partial charge in [-0.25, -0.2) is 0 Å². The zero-order valence-corrected chi connectivity index (χ0v) is 14.5. The number of rotatable bonds is 6. The predicted molar refractivity (Wildman–Crippen MR) is 94.5 cm³/mol. The lowest BCUT2D eigenvalue weighted by atomic mass is 10.0. The molecule has 0 saturated heterocycles. The lowest BCUT2D eigenvalue weighted by Gasteiger charge is -2.08. The maximum atomic E-state index is 12.5. The Morgan fingerprint density at radius 3 is 2.54 bits per heavy atom. The molecule has 0 fully saturated rings. The maximum Gasteiger partial charge on any atom is 0.290 e. The van der Waals surface area contributed by atoms with E-state index in [2.05, 4.69) is 15.5 Å². The number of nitrogens with zero attached hydrogens (tertiary/aromatic N) is 2. The normalized spacial score (nSPS) is 11.8. The first-order chi connectivity index (χ1) is 12.6. The first kappa shape index (κ1) is 17.6. The molecule has 1 unspecified atom stereocenters. The molecule has 2 aromatic heterocycles. The number of aromatic nitrogens is 2. The lowest BCUT2D eigenvalue weighted by Crippen LogP contribution is -2.23. The van der Waals surface area contributed by atoms with Crippen molar-refractivity contribution in [1.82, 2.24) is 15.5 Å². The second-order valence-corrected chi connectivity index (χ2v) is 5.72. The van der Waals surface area contributed by atoms with E-state index in [0.29, 0.717) is 23.6 Å². The summed E-state index contributed by atoms with van der Waals surface area (Å²) in [6.45, 7) is 1.89. The highest BCUT2D eigenvalue weighted by molar-refractivity contribution is 5.94. The molecule has 2 N–H and O–H groups in total. The van der Waals surface area contributed by atoms with Crippen LogP contribution in [0.1, 0.15) is 34.7 Å². The van der Waals surface area contributed by atoms with Crippen LogP contribution >= 0.6 is 0 Å². The highest BCUT2D eigenvalue weighted by Crippen LogP contribution is 2.31. The Labute approximate surface area is 150 Å². The van der Waals surface area contributed by atoms with Gasteiger partial charge in [0.15, 0.2) is 0 Å². The van der Waals surface area contributed by atoms with E-state index in [9.17, 15) is 9.90 Å². The van der Waals surface area contributed by atoms with Gasteiger partial charge in [-0.15, -0.1) is 0 Å². The highest BCUT2D eigenvalue weighted by atomic mass is 16.5. The number of carbonyl (C=O) groups is 1. The van der Waals surface area contributed by atoms with Crippen molar-refractivity contribution in [3.05, 3.63) is 65.7 Å². The number of amides is 1. The highest BCUT2D eigenvalue weighted by Gasteiger charge is 2.26. The number of carbonyl (C=O) groups excluding carboxylic acids is 1. The van der Waals surface area contributed by atoms with Crippen molar-refractivity contribution in [3.8, 4) is 17.0 Å². The molecule has 3 rings (SSSR count). The Balaban J connectivity index is 1.85. The van der Waals surface area contributed by atoms with Crippen LogP contribution in [0.5, 0.6) is 5.75 Å². The van der Waals surface area contributed by atoms with Gasteiger partial charge in [-0.2, -0.15) is 0 Å². The number of hydrogen-bond donors (Lipinski definition) is 2. The Hall–Kier alpha value is -3.19. The van der Waals surface area contributed by atoms with E-state index in [4.69, 9.17) is 9.26 Å². The molecule has 1 amide bonds. The SMILES string of the molecule is COc1ccc(-c2noc(C(=O)NCc3ccncc3)c2C(C)O)cc1. The Bertz CT molecular complexity index is 874. The van der Waals surface area contributed by atoms with Crippen molar-refractivity contribution >= 4 is 5.91 Å². The van der Waals surface area contributed by atoms with Gasteiger partial charge in [-0.05, 0) is 48.9 Å². The van der Waals surface area contributed by atoms with E-state index in [1.54, 1.807) is 62.8 Å². The molecule has 0 aliphatic heterocycles. The first-order valence-corrected chi connectivity index (χ1v) is 8.09. The van der Waals surface area contributed by atoms with Crippen LogP contribution in [0.2, 0.25) is 0 Å². The molecule has 0 bridgehead atoms. The number of pyridine rings is 1. The molecule has 2 heterocycles. The van der Waals surface area contributed by atoms with E-state index < -0.39 is 12.0 Å². The van der Waals surface area contributed by atoms with Crippen molar-refractivity contribution in [2.45, 2.75) is 19.6 Å². The third-order valence-electron chi connectivity index (χ3n) is 3.92. The summed E-state index contributed by atoms with van der Waals surface area (Å²) in [4.78, 5) is 16.4. The Morgan fingerprint density at radius 1 is 1.23 bits per heavy atom. The molecule has 0 spiro atoms. The van der Waals surface area contributed by atoms with Crippen molar-refractivity contribution in [2.75, 3.05) is 7.11 Å². The molecule has 7 nitrogen and oxygen atoms in total. The minimum absolute atomic E-state index is 0.000117. The number of benzene rings is 1. The monoisotopic (exact) mass is 353 g/mol. The van der Waals surface area contributed by atoms with Crippen LogP contribution in [0.15, 0.2) is 53.3 Å². The van der Waals surface area contributed by atoms with Crippen LogP contribution in [0, 0.1) is 0 Å². The third-order valence-corrected chi connectivity index (χ3v) is 3.92. The van der Waals surface area contributed by atoms with E-state index in [0.717, 1.165) is 11.1 Å². The number of hydrogen-bond acceptors (Lipinski definition) is 6. The second-order valence-electron chi connectivity index (χ2n) is 5.72. The molecule has 0 radical (unpaired) electrons. The Kier molecular flexibility index (Phi) is 5.28. The van der Waals surface area contributed by atoms with Crippen LogP contribution in [0.25, 0.3) is 11.3 Å². The largest absolute Gasteiger partial charge is 0.497 e. The fraction of sp³-hybridized carbons (Fsp3) is 0.211. The molecule has 0 saturated carbocycles. The van der Waals surface area contributed by atoms with E-state index in [-0.39, 0.29) is 5.76 Å². The molecular weight excluding hydrogens is 334 g/mol. The summed E-state index contributed by atoms with van der Waals surface area (Å²) in [5, 5.41) is 16.9. The number of aliphatic hydroxyl groups is 1. The van der Waals surface area contributed by atoms with Gasteiger partial charge in [-0.3, -0.25) is 9.78 Å². The fourth-order valence-electron chi connectivity index (χ4n) is 2.57. The smallest absolute Gasteiger partial charge is 0.290 e. The van der Waals surface area contributed by atoms with Gasteiger partial charge in [0.1, 0.15) is 11.4 Å². The van der Waals surface area contributed by atoms with Gasteiger partial charge in [0.25, 0.3) is 5.91 Å². The zero-order chi connectivity index (χ0) is 18.5. The van der Waals surface area contributed by atoms with Gasteiger partial charge >= 0.3 is 0 Å². The molecule has 134 valence electrons. The quantitative estimate of drug-likeness (QED) is 0.707. The van der Waals surface area contributed by atoms with Gasteiger partial charge in [-0.1, -0.05) is 5.16 Å². The molecule has 26 heavy (non-hydrogen) atoms. The van der Waals surface area contributed by atoms with Crippen molar-refractivity contribution < 1.29 is 19.2 Å². The predicted octanol–water partition coefficient (Wildman–Crippen LogP) is 2.73. The fourth-order valence-corrected chi connectivity index (χ4v) is 2.57. The molecule has 0 aliphatic rings. The van der Waals surface area contributed by atoms with Crippen LogP contribution < -0.4 is 10.1 Å². The molecule has 7 heteroatoms. The summed E-state index contributed by atoms with van der Waals surface area (Å²) >= 11 is 0. The van der Waals surface area contributed by atoms with E-state index >= 15 is 0 Å². The van der Waals surface area contributed by atoms with Crippen molar-refractivity contribution in [3.63, 3.8) is 0 Å². The van der Waals surface area contributed by atoms with Gasteiger partial charge < -0.3 is 19.7 Å². The summed E-state index contributed by atoms with van der Waals surface area (Å²) in [5.74, 6) is 0.260. The first-order valence-electron chi connectivity index (χ1n) is 8.09. The molecular formula is C19H19N3O4. The standard InChI is InChI=1S/C19H19N3O4/c1-12(23)16-17(14-3-5-15(25-2)6-4-14)22-26-18(16)19(24)21-11-13-7-9-20-10-8-13/h3-10,12,23H,11H2,1-2H3,(H,21,24). The summed E-state index contributed by atoms with van der Waals surface area (Å²) in [5.41, 5.74) is 2.40. The number of ether oxygens (including phenoxy) is 1. The summed E-state index contributed by atoms with van der Waals surface area (Å²) in [7, 11) is 1.58. The van der Waals surface area contributed by atoms with Gasteiger partial charge in [0.05, 0.1) is 18.8 Å². The minimum Gasteiger partial charge on any atom is -0.497 e. The van der Waals surface area contributed by atoms with Crippen LogP contribution in [-0.2, 0) is 6.54 Å². The molecule has 1 atom stereocenters. The second kappa shape index (κ2) is 7.79. The van der Waals surface area contributed by atoms with Gasteiger partial charge in [0, 0.05) is 24.5 Å². The molecule has 0 aliphatic carbocycles. The Morgan fingerprint density at radius 2 is 1.92 bits per heavy atom. The average Bonchev–Trinajstić information content (AvgIpc) is 3.12. The lowest BCUT2D eigenvalue weighted by molar-refractivity contribution is 0.0905. The average molecular weight is 353 g/mol. The van der Waals surface area contributed by atoms with Crippen LogP contribution in [0.4, 0.5) is 0 Å².